The van der Waals surface area contributed by atoms with E-state index in [0.29, 0.717) is 6.61 Å². The van der Waals surface area contributed by atoms with E-state index < -0.39 is 8.32 Å². The summed E-state index contributed by atoms with van der Waals surface area (Å²) in [4.78, 5) is 0. The van der Waals surface area contributed by atoms with Gasteiger partial charge in [0.05, 0.1) is 0 Å². The Morgan fingerprint density at radius 1 is 1.00 bits per heavy atom. The molecule has 1 saturated heterocycles. The van der Waals surface area contributed by atoms with E-state index in [4.69, 9.17) is 5.84 Å². The fraction of sp³-hybridized carbons (Fsp3) is 0.455. The SMILES string of the molecule is [2H]N1CCNCC1CCO[Si](c1ccccc1)(c1ccccc1)C(C)(C)C. The van der Waals surface area contributed by atoms with Crippen molar-refractivity contribution < 1.29 is 5.84 Å². The predicted molar refractivity (Wildman–Crippen MR) is 113 cm³/mol. The lowest BCUT2D eigenvalue weighted by Gasteiger charge is -2.43. The van der Waals surface area contributed by atoms with Crippen molar-refractivity contribution in [3.05, 3.63) is 60.7 Å². The van der Waals surface area contributed by atoms with Gasteiger partial charge in [0.2, 0.25) is 0 Å². The summed E-state index contributed by atoms with van der Waals surface area (Å²) < 4.78 is 15.1. The van der Waals surface area contributed by atoms with E-state index in [-0.39, 0.29) is 11.1 Å². The molecule has 0 saturated carbocycles. The summed E-state index contributed by atoms with van der Waals surface area (Å²) in [5, 5.41) is 7.74. The average molecular weight is 370 g/mol. The monoisotopic (exact) mass is 369 g/mol. The van der Waals surface area contributed by atoms with Crippen LogP contribution in [-0.4, -0.2) is 40.6 Å². The summed E-state index contributed by atoms with van der Waals surface area (Å²) >= 11 is 0. The lowest BCUT2D eigenvalue weighted by atomic mass is 10.2. The quantitative estimate of drug-likeness (QED) is 0.768. The van der Waals surface area contributed by atoms with E-state index in [1.54, 1.807) is 5.31 Å². The van der Waals surface area contributed by atoms with Gasteiger partial charge in [-0.25, -0.2) is 0 Å². The van der Waals surface area contributed by atoms with Gasteiger partial charge >= 0.3 is 0 Å². The van der Waals surface area contributed by atoms with Crippen LogP contribution in [0, 0.1) is 0 Å². The highest BCUT2D eigenvalue weighted by Gasteiger charge is 2.50. The molecule has 3 rings (SSSR count). The number of piperazine rings is 1. The van der Waals surface area contributed by atoms with Crippen LogP contribution in [0.15, 0.2) is 60.7 Å². The lowest BCUT2D eigenvalue weighted by molar-refractivity contribution is 0.260. The van der Waals surface area contributed by atoms with E-state index in [9.17, 15) is 0 Å². The normalized spacial score (nSPS) is 20.0. The summed E-state index contributed by atoms with van der Waals surface area (Å²) in [6.45, 7) is 10.1. The fourth-order valence-electron chi connectivity index (χ4n) is 3.96. The molecule has 0 amide bonds. The second-order valence-electron chi connectivity index (χ2n) is 8.06. The minimum absolute atomic E-state index is 0.00116. The van der Waals surface area contributed by atoms with Crippen molar-refractivity contribution in [2.24, 2.45) is 0 Å². The Kier molecular flexibility index (Phi) is 5.85. The molecule has 140 valence electrons. The highest BCUT2D eigenvalue weighted by Crippen LogP contribution is 2.36. The molecule has 0 spiro atoms. The van der Waals surface area contributed by atoms with Gasteiger partial charge < -0.3 is 15.1 Å². The predicted octanol–water partition coefficient (Wildman–Crippen LogP) is 2.51. The minimum Gasteiger partial charge on any atom is -0.407 e. The molecule has 0 bridgehead atoms. The molecule has 2 aromatic rings. The minimum atomic E-state index is -2.46. The van der Waals surface area contributed by atoms with Crippen LogP contribution in [0.25, 0.3) is 0 Å². The maximum Gasteiger partial charge on any atom is 0.261 e. The van der Waals surface area contributed by atoms with Crippen LogP contribution < -0.4 is 21.0 Å². The van der Waals surface area contributed by atoms with Gasteiger partial charge in [-0.2, -0.15) is 0 Å². The molecular formula is C22H32N2OSi. The van der Waals surface area contributed by atoms with Gasteiger partial charge in [-0.05, 0) is 21.8 Å². The molecule has 3 nitrogen and oxygen atoms in total. The number of hydrogen-bond acceptors (Lipinski definition) is 3. The molecule has 0 aromatic heterocycles. The van der Waals surface area contributed by atoms with Crippen LogP contribution in [0.5, 0.6) is 0 Å². The first kappa shape index (κ1) is 17.9. The van der Waals surface area contributed by atoms with Crippen molar-refractivity contribution in [1.82, 2.24) is 10.6 Å². The molecule has 0 radical (unpaired) electrons. The fourth-order valence-corrected chi connectivity index (χ4v) is 8.54. The smallest absolute Gasteiger partial charge is 0.261 e. The molecule has 2 N–H and O–H groups in total. The number of rotatable bonds is 6. The molecular weight excluding hydrogens is 336 g/mol. The molecule has 1 heterocycles. The topological polar surface area (TPSA) is 33.3 Å². The first-order valence-electron chi connectivity index (χ1n) is 10.1. The summed E-state index contributed by atoms with van der Waals surface area (Å²) in [7, 11) is -2.46. The third-order valence-corrected chi connectivity index (χ3v) is 10.3. The van der Waals surface area contributed by atoms with Crippen molar-refractivity contribution >= 4 is 18.7 Å². The average Bonchev–Trinajstić information content (AvgIpc) is 2.67. The van der Waals surface area contributed by atoms with Gasteiger partial charge in [0.1, 0.15) is 1.41 Å². The Morgan fingerprint density at radius 3 is 2.08 bits per heavy atom. The van der Waals surface area contributed by atoms with Gasteiger partial charge in [0.25, 0.3) is 8.32 Å². The Bertz CT molecular complexity index is 666. The van der Waals surface area contributed by atoms with Crippen LogP contribution in [-0.2, 0) is 4.43 Å². The first-order chi connectivity index (χ1) is 12.9. The van der Waals surface area contributed by atoms with Crippen LogP contribution in [0.4, 0.5) is 0 Å². The van der Waals surface area contributed by atoms with Gasteiger partial charge in [-0.15, -0.1) is 0 Å². The summed E-state index contributed by atoms with van der Waals surface area (Å²) in [6, 6.07) is 21.7. The highest BCUT2D eigenvalue weighted by molar-refractivity contribution is 6.99. The van der Waals surface area contributed by atoms with Crippen molar-refractivity contribution in [3.63, 3.8) is 0 Å². The van der Waals surface area contributed by atoms with E-state index in [2.05, 4.69) is 86.8 Å². The Labute approximate surface area is 160 Å². The van der Waals surface area contributed by atoms with Crippen LogP contribution in [0.3, 0.4) is 0 Å². The van der Waals surface area contributed by atoms with Crippen LogP contribution >= 0.6 is 0 Å². The van der Waals surface area contributed by atoms with E-state index >= 15 is 0 Å². The lowest BCUT2D eigenvalue weighted by Crippen LogP contribution is -2.66. The molecule has 2 aromatic carbocycles. The molecule has 26 heavy (non-hydrogen) atoms. The van der Waals surface area contributed by atoms with Crippen LogP contribution in [0.2, 0.25) is 6.45 Å². The molecule has 1 atom stereocenters. The van der Waals surface area contributed by atoms with Crippen LogP contribution in [0.1, 0.15) is 27.2 Å². The van der Waals surface area contributed by atoms with E-state index in [0.717, 1.165) is 26.1 Å². The third kappa shape index (κ3) is 4.09. The van der Waals surface area contributed by atoms with Gasteiger partial charge in [-0.1, -0.05) is 81.4 Å². The first-order valence-corrected chi connectivity index (χ1v) is 11.6. The zero-order valence-electron chi connectivity index (χ0n) is 17.2. The largest absolute Gasteiger partial charge is 0.407 e. The zero-order chi connectivity index (χ0) is 19.3. The molecule has 1 unspecified atom stereocenters. The Morgan fingerprint density at radius 2 is 1.58 bits per heavy atom. The maximum atomic E-state index is 8.16. The van der Waals surface area contributed by atoms with Gasteiger partial charge in [0, 0.05) is 32.3 Å². The molecule has 1 aliphatic rings. The van der Waals surface area contributed by atoms with E-state index in [1.165, 1.54) is 10.4 Å². The summed E-state index contributed by atoms with van der Waals surface area (Å²) in [5.74, 6) is 0. The third-order valence-electron chi connectivity index (χ3n) is 5.24. The molecule has 1 aliphatic heterocycles. The Balaban J connectivity index is 1.92. The van der Waals surface area contributed by atoms with Crippen molar-refractivity contribution in [2.75, 3.05) is 26.2 Å². The van der Waals surface area contributed by atoms with Crippen molar-refractivity contribution in [1.29, 1.82) is 0 Å². The summed E-state index contributed by atoms with van der Waals surface area (Å²) in [6.07, 6.45) is 0.876. The summed E-state index contributed by atoms with van der Waals surface area (Å²) in [5.41, 5.74) is 0. The molecule has 0 aliphatic carbocycles. The maximum absolute atomic E-state index is 8.16. The Hall–Kier alpha value is -1.46. The van der Waals surface area contributed by atoms with E-state index in [1.807, 2.05) is 0 Å². The number of hydrogen-bond donors (Lipinski definition) is 2. The standard InChI is InChI=1S/C22H32N2OSi/c1-22(2,3)26(20-10-6-4-7-11-20,21-12-8-5-9-13-21)25-17-14-19-18-23-15-16-24-19/h4-13,19,23-24H,14-18H2,1-3H3/i/hD. The highest BCUT2D eigenvalue weighted by atomic mass is 28.4. The molecule has 1 fully saturated rings. The second kappa shape index (κ2) is 8.48. The van der Waals surface area contributed by atoms with Crippen molar-refractivity contribution in [3.8, 4) is 0 Å². The van der Waals surface area contributed by atoms with Gasteiger partial charge in [0.15, 0.2) is 0 Å². The number of nitrogens with one attached hydrogen (secondary N) is 2. The zero-order valence-corrected chi connectivity index (χ0v) is 17.2. The number of benzene rings is 2. The van der Waals surface area contributed by atoms with Gasteiger partial charge in [-0.3, -0.25) is 0 Å². The molecule has 4 heteroatoms. The van der Waals surface area contributed by atoms with Crippen molar-refractivity contribution in [2.45, 2.75) is 38.3 Å². The second-order valence-corrected chi connectivity index (χ2v) is 12.4.